The van der Waals surface area contributed by atoms with Crippen molar-refractivity contribution in [3.05, 3.63) is 53.6 Å². The topological polar surface area (TPSA) is 49.3 Å². The highest BCUT2D eigenvalue weighted by molar-refractivity contribution is 5.92. The van der Waals surface area contributed by atoms with Gasteiger partial charge in [0.1, 0.15) is 5.82 Å². The van der Waals surface area contributed by atoms with Crippen LogP contribution >= 0.6 is 0 Å². The minimum atomic E-state index is -0.230. The van der Waals surface area contributed by atoms with E-state index in [1.807, 2.05) is 17.9 Å². The smallest absolute Gasteiger partial charge is 0.274 e. The number of piperazine rings is 1. The number of nitrogens with zero attached hydrogens (tertiary/aromatic N) is 4. The quantitative estimate of drug-likeness (QED) is 0.850. The van der Waals surface area contributed by atoms with Crippen LogP contribution in [0.15, 0.2) is 36.4 Å². The lowest BCUT2D eigenvalue weighted by molar-refractivity contribution is 0.0739. The first-order valence-electron chi connectivity index (χ1n) is 7.24. The highest BCUT2D eigenvalue weighted by Gasteiger charge is 2.24. The molecule has 0 spiro atoms. The fourth-order valence-corrected chi connectivity index (χ4v) is 2.53. The molecule has 1 saturated heterocycles. The molecule has 114 valence electrons. The van der Waals surface area contributed by atoms with Gasteiger partial charge in [0.2, 0.25) is 0 Å². The lowest BCUT2D eigenvalue weighted by Gasteiger charge is -2.36. The zero-order valence-electron chi connectivity index (χ0n) is 12.4. The van der Waals surface area contributed by atoms with Gasteiger partial charge in [-0.3, -0.25) is 4.79 Å². The molecule has 1 aliphatic rings. The molecule has 1 aromatic heterocycles. The number of carbonyl (C=O) groups excluding carboxylic acids is 1. The summed E-state index contributed by atoms with van der Waals surface area (Å²) >= 11 is 0. The molecular formula is C16H17FN4O. The number of carbonyl (C=O) groups is 1. The Hall–Kier alpha value is -2.50. The Morgan fingerprint density at radius 3 is 2.41 bits per heavy atom. The van der Waals surface area contributed by atoms with Gasteiger partial charge in [0.05, 0.1) is 11.4 Å². The minimum absolute atomic E-state index is 0.124. The maximum Gasteiger partial charge on any atom is 0.274 e. The second-order valence-electron chi connectivity index (χ2n) is 5.29. The number of rotatable bonds is 2. The van der Waals surface area contributed by atoms with E-state index in [4.69, 9.17) is 0 Å². The second-order valence-corrected chi connectivity index (χ2v) is 5.29. The number of hydrogen-bond donors (Lipinski definition) is 0. The predicted octanol–water partition coefficient (Wildman–Crippen LogP) is 1.89. The van der Waals surface area contributed by atoms with Crippen LogP contribution in [0.1, 0.15) is 16.2 Å². The van der Waals surface area contributed by atoms with Crippen LogP contribution in [-0.2, 0) is 0 Å². The molecule has 2 aromatic rings. The van der Waals surface area contributed by atoms with Crippen molar-refractivity contribution in [2.24, 2.45) is 0 Å². The van der Waals surface area contributed by atoms with E-state index in [0.29, 0.717) is 37.6 Å². The Labute approximate surface area is 128 Å². The van der Waals surface area contributed by atoms with E-state index < -0.39 is 0 Å². The number of amides is 1. The summed E-state index contributed by atoms with van der Waals surface area (Å²) in [7, 11) is 0. The summed E-state index contributed by atoms with van der Waals surface area (Å²) in [5.74, 6) is -0.354. The van der Waals surface area contributed by atoms with Gasteiger partial charge in [-0.05, 0) is 31.2 Å². The second kappa shape index (κ2) is 6.09. The van der Waals surface area contributed by atoms with E-state index in [1.165, 1.54) is 6.07 Å². The molecule has 0 saturated carbocycles. The van der Waals surface area contributed by atoms with Crippen molar-refractivity contribution in [2.75, 3.05) is 31.1 Å². The molecule has 1 amide bonds. The van der Waals surface area contributed by atoms with Gasteiger partial charge in [-0.15, -0.1) is 5.10 Å². The van der Waals surface area contributed by atoms with Gasteiger partial charge in [0.25, 0.3) is 5.91 Å². The number of benzene rings is 1. The lowest BCUT2D eigenvalue weighted by Crippen LogP contribution is -2.49. The van der Waals surface area contributed by atoms with Crippen LogP contribution in [0.5, 0.6) is 0 Å². The van der Waals surface area contributed by atoms with Crippen molar-refractivity contribution in [3.8, 4) is 0 Å². The summed E-state index contributed by atoms with van der Waals surface area (Å²) in [5.41, 5.74) is 1.72. The van der Waals surface area contributed by atoms with Gasteiger partial charge in [-0.1, -0.05) is 12.1 Å². The van der Waals surface area contributed by atoms with Crippen LogP contribution in [0.2, 0.25) is 0 Å². The first kappa shape index (κ1) is 14.4. The standard InChI is InChI=1S/C16H17FN4O/c1-12-6-7-14(19-18-12)16(22)21-10-8-20(9-11-21)15-5-3-2-4-13(15)17/h2-7H,8-11H2,1H3. The van der Waals surface area contributed by atoms with Crippen LogP contribution in [0, 0.1) is 12.7 Å². The lowest BCUT2D eigenvalue weighted by atomic mass is 10.2. The van der Waals surface area contributed by atoms with Crippen LogP contribution in [-0.4, -0.2) is 47.2 Å². The zero-order valence-corrected chi connectivity index (χ0v) is 12.4. The van der Waals surface area contributed by atoms with E-state index in [0.717, 1.165) is 5.69 Å². The molecule has 6 heteroatoms. The fraction of sp³-hybridized carbons (Fsp3) is 0.312. The van der Waals surface area contributed by atoms with Gasteiger partial charge in [-0.2, -0.15) is 5.10 Å². The first-order valence-corrected chi connectivity index (χ1v) is 7.24. The van der Waals surface area contributed by atoms with E-state index in [2.05, 4.69) is 10.2 Å². The van der Waals surface area contributed by atoms with Crippen molar-refractivity contribution in [1.29, 1.82) is 0 Å². The average Bonchev–Trinajstić information content (AvgIpc) is 2.56. The molecular weight excluding hydrogens is 283 g/mol. The molecule has 3 rings (SSSR count). The summed E-state index contributed by atoms with van der Waals surface area (Å²) in [6.07, 6.45) is 0. The number of aryl methyl sites for hydroxylation is 1. The van der Waals surface area contributed by atoms with Gasteiger partial charge < -0.3 is 9.80 Å². The molecule has 1 aromatic carbocycles. The summed E-state index contributed by atoms with van der Waals surface area (Å²) in [5, 5.41) is 7.84. The van der Waals surface area contributed by atoms with Crippen LogP contribution < -0.4 is 4.90 Å². The van der Waals surface area contributed by atoms with Crippen molar-refractivity contribution in [2.45, 2.75) is 6.92 Å². The third-order valence-corrected chi connectivity index (χ3v) is 3.78. The molecule has 0 atom stereocenters. The Morgan fingerprint density at radius 2 is 1.77 bits per heavy atom. The number of halogens is 1. The summed E-state index contributed by atoms with van der Waals surface area (Å²) in [4.78, 5) is 16.0. The average molecular weight is 300 g/mol. The SMILES string of the molecule is Cc1ccc(C(=O)N2CCN(c3ccccc3F)CC2)nn1. The maximum atomic E-state index is 13.8. The fourth-order valence-electron chi connectivity index (χ4n) is 2.53. The Kier molecular flexibility index (Phi) is 4.00. The van der Waals surface area contributed by atoms with Gasteiger partial charge in [0, 0.05) is 26.2 Å². The maximum absolute atomic E-state index is 13.8. The third kappa shape index (κ3) is 2.90. The predicted molar refractivity (Wildman–Crippen MR) is 81.3 cm³/mol. The summed E-state index contributed by atoms with van der Waals surface area (Å²) in [6, 6.07) is 10.2. The zero-order chi connectivity index (χ0) is 15.5. The Bertz CT molecular complexity index is 666. The minimum Gasteiger partial charge on any atom is -0.366 e. The van der Waals surface area contributed by atoms with E-state index in [1.54, 1.807) is 29.2 Å². The molecule has 22 heavy (non-hydrogen) atoms. The normalized spacial score (nSPS) is 15.0. The summed E-state index contributed by atoms with van der Waals surface area (Å²) < 4.78 is 13.8. The Morgan fingerprint density at radius 1 is 1.05 bits per heavy atom. The molecule has 1 aliphatic heterocycles. The molecule has 0 N–H and O–H groups in total. The highest BCUT2D eigenvalue weighted by atomic mass is 19.1. The van der Waals surface area contributed by atoms with E-state index in [-0.39, 0.29) is 11.7 Å². The van der Waals surface area contributed by atoms with Crippen LogP contribution in [0.25, 0.3) is 0 Å². The van der Waals surface area contributed by atoms with E-state index in [9.17, 15) is 9.18 Å². The van der Waals surface area contributed by atoms with E-state index >= 15 is 0 Å². The van der Waals surface area contributed by atoms with Crippen molar-refractivity contribution >= 4 is 11.6 Å². The van der Waals surface area contributed by atoms with Crippen molar-refractivity contribution < 1.29 is 9.18 Å². The number of hydrogen-bond acceptors (Lipinski definition) is 4. The van der Waals surface area contributed by atoms with Crippen LogP contribution in [0.4, 0.5) is 10.1 Å². The first-order chi connectivity index (χ1) is 10.6. The van der Waals surface area contributed by atoms with Gasteiger partial charge in [-0.25, -0.2) is 4.39 Å². The molecule has 0 unspecified atom stereocenters. The largest absolute Gasteiger partial charge is 0.366 e. The van der Waals surface area contributed by atoms with Gasteiger partial charge in [0.15, 0.2) is 5.69 Å². The monoisotopic (exact) mass is 300 g/mol. The Balaban J connectivity index is 1.65. The third-order valence-electron chi connectivity index (χ3n) is 3.78. The number of anilines is 1. The summed E-state index contributed by atoms with van der Waals surface area (Å²) in [6.45, 7) is 4.12. The molecule has 0 radical (unpaired) electrons. The molecule has 0 aliphatic carbocycles. The molecule has 1 fully saturated rings. The highest BCUT2D eigenvalue weighted by Crippen LogP contribution is 2.20. The van der Waals surface area contributed by atoms with Gasteiger partial charge >= 0.3 is 0 Å². The number of para-hydroxylation sites is 1. The van der Waals surface area contributed by atoms with Crippen molar-refractivity contribution in [1.82, 2.24) is 15.1 Å². The molecule has 0 bridgehead atoms. The molecule has 2 heterocycles. The number of aromatic nitrogens is 2. The molecule has 5 nitrogen and oxygen atoms in total. The van der Waals surface area contributed by atoms with Crippen LogP contribution in [0.3, 0.4) is 0 Å². The van der Waals surface area contributed by atoms with Crippen molar-refractivity contribution in [3.63, 3.8) is 0 Å².